The van der Waals surface area contributed by atoms with E-state index in [1.807, 2.05) is 25.3 Å². The number of carbonyl (C=O) groups is 2. The predicted octanol–water partition coefficient (Wildman–Crippen LogP) is 4.13. The summed E-state index contributed by atoms with van der Waals surface area (Å²) in [6, 6.07) is 6.41. The molecule has 0 radical (unpaired) electrons. The molecule has 8 nitrogen and oxygen atoms in total. The van der Waals surface area contributed by atoms with Crippen molar-refractivity contribution in [2.45, 2.75) is 59.4 Å². The van der Waals surface area contributed by atoms with Gasteiger partial charge in [-0.2, -0.15) is 5.10 Å². The predicted molar refractivity (Wildman–Crippen MR) is 131 cm³/mol. The summed E-state index contributed by atoms with van der Waals surface area (Å²) in [4.78, 5) is 31.0. The summed E-state index contributed by atoms with van der Waals surface area (Å²) in [7, 11) is 0. The molecule has 1 aromatic carbocycles. The molecule has 4 rings (SSSR count). The average molecular weight is 482 g/mol. The first kappa shape index (κ1) is 24.6. The number of fused-ring (bicyclic) bond motifs is 1. The Bertz CT molecular complexity index is 1230. The maximum absolute atomic E-state index is 13.4. The first-order valence-electron chi connectivity index (χ1n) is 12.1. The van der Waals surface area contributed by atoms with E-state index < -0.39 is 0 Å². The number of nitrogens with one attached hydrogen (secondary N) is 1. The molecule has 1 aliphatic rings. The number of ether oxygens (including phenoxy) is 1. The Hall–Kier alpha value is -3.49. The third-order valence-electron chi connectivity index (χ3n) is 6.62. The van der Waals surface area contributed by atoms with E-state index in [2.05, 4.69) is 10.4 Å². The molecule has 1 fully saturated rings. The molecule has 0 aliphatic carbocycles. The van der Waals surface area contributed by atoms with Crippen LogP contribution in [0.25, 0.3) is 16.8 Å². The van der Waals surface area contributed by atoms with Gasteiger partial charge in [-0.25, -0.2) is 18.7 Å². The van der Waals surface area contributed by atoms with Gasteiger partial charge in [0.25, 0.3) is 0 Å². The van der Waals surface area contributed by atoms with Gasteiger partial charge in [0.15, 0.2) is 5.65 Å². The number of halogens is 1. The lowest BCUT2D eigenvalue weighted by Gasteiger charge is -2.31. The summed E-state index contributed by atoms with van der Waals surface area (Å²) in [5.41, 5.74) is 6.09. The summed E-state index contributed by atoms with van der Waals surface area (Å²) in [6.45, 7) is 9.17. The number of likely N-dealkylation sites (tertiary alicyclic amines) is 1. The number of nitrogens with zero attached hydrogens (tertiary/aromatic N) is 4. The highest BCUT2D eigenvalue weighted by Crippen LogP contribution is 2.29. The van der Waals surface area contributed by atoms with Crippen molar-refractivity contribution >= 4 is 17.6 Å². The quantitative estimate of drug-likeness (QED) is 0.572. The number of hydrogen-bond donors (Lipinski definition) is 1. The summed E-state index contributed by atoms with van der Waals surface area (Å²) in [5, 5.41) is 7.79. The lowest BCUT2D eigenvalue weighted by molar-refractivity contribution is -0.122. The van der Waals surface area contributed by atoms with Crippen molar-refractivity contribution in [1.82, 2.24) is 24.8 Å². The Morgan fingerprint density at radius 2 is 1.80 bits per heavy atom. The van der Waals surface area contributed by atoms with E-state index in [4.69, 9.17) is 9.72 Å². The molecule has 2 amide bonds. The Balaban J connectivity index is 1.42. The third-order valence-corrected chi connectivity index (χ3v) is 6.62. The van der Waals surface area contributed by atoms with Crippen LogP contribution in [0.5, 0.6) is 0 Å². The molecule has 0 unspecified atom stereocenters. The molecule has 1 aliphatic heterocycles. The van der Waals surface area contributed by atoms with Gasteiger partial charge >= 0.3 is 6.09 Å². The van der Waals surface area contributed by atoms with Gasteiger partial charge in [0.05, 0.1) is 12.3 Å². The minimum atomic E-state index is -0.289. The Kier molecular flexibility index (Phi) is 7.33. The second-order valence-corrected chi connectivity index (χ2v) is 8.99. The fraction of sp³-hybridized carbons (Fsp3) is 0.462. The van der Waals surface area contributed by atoms with E-state index in [1.54, 1.807) is 24.0 Å². The van der Waals surface area contributed by atoms with Gasteiger partial charge in [-0.1, -0.05) is 12.1 Å². The van der Waals surface area contributed by atoms with Gasteiger partial charge in [0, 0.05) is 42.5 Å². The molecule has 1 saturated heterocycles. The van der Waals surface area contributed by atoms with Crippen LogP contribution >= 0.6 is 0 Å². The van der Waals surface area contributed by atoms with Crippen molar-refractivity contribution in [3.63, 3.8) is 0 Å². The van der Waals surface area contributed by atoms with Crippen molar-refractivity contribution in [2.75, 3.05) is 19.7 Å². The van der Waals surface area contributed by atoms with E-state index in [-0.39, 0.29) is 23.9 Å². The Morgan fingerprint density at radius 3 is 2.46 bits per heavy atom. The fourth-order valence-corrected chi connectivity index (χ4v) is 4.74. The second-order valence-electron chi connectivity index (χ2n) is 8.99. The highest BCUT2D eigenvalue weighted by Gasteiger charge is 2.25. The second kappa shape index (κ2) is 10.4. The van der Waals surface area contributed by atoms with Crippen molar-refractivity contribution in [3.05, 3.63) is 52.7 Å². The monoisotopic (exact) mass is 481 g/mol. The molecule has 3 heterocycles. The highest BCUT2D eigenvalue weighted by molar-refractivity contribution is 5.80. The minimum Gasteiger partial charge on any atom is -0.450 e. The largest absolute Gasteiger partial charge is 0.450 e. The van der Waals surface area contributed by atoms with Crippen molar-refractivity contribution in [3.8, 4) is 11.1 Å². The number of hydrogen-bond acceptors (Lipinski definition) is 5. The highest BCUT2D eigenvalue weighted by atomic mass is 19.1. The van der Waals surface area contributed by atoms with Gasteiger partial charge < -0.3 is 15.0 Å². The lowest BCUT2D eigenvalue weighted by atomic mass is 10.0. The number of carbonyl (C=O) groups excluding carboxylic acids is 2. The summed E-state index contributed by atoms with van der Waals surface area (Å²) >= 11 is 0. The fourth-order valence-electron chi connectivity index (χ4n) is 4.74. The van der Waals surface area contributed by atoms with E-state index in [0.717, 1.165) is 52.3 Å². The molecule has 0 spiro atoms. The zero-order chi connectivity index (χ0) is 25.1. The van der Waals surface area contributed by atoms with Crippen LogP contribution in [0.2, 0.25) is 0 Å². The molecule has 35 heavy (non-hydrogen) atoms. The van der Waals surface area contributed by atoms with Gasteiger partial charge in [0.1, 0.15) is 5.82 Å². The number of piperidine rings is 1. The lowest BCUT2D eigenvalue weighted by Crippen LogP contribution is -2.46. The average Bonchev–Trinajstić information content (AvgIpc) is 3.16. The van der Waals surface area contributed by atoms with Gasteiger partial charge in [-0.05, 0) is 70.2 Å². The normalized spacial score (nSPS) is 14.4. The maximum Gasteiger partial charge on any atom is 0.409 e. The Morgan fingerprint density at radius 1 is 1.11 bits per heavy atom. The molecule has 1 N–H and O–H groups in total. The van der Waals surface area contributed by atoms with E-state index in [0.29, 0.717) is 32.5 Å². The Labute approximate surface area is 204 Å². The van der Waals surface area contributed by atoms with Crippen LogP contribution in [-0.2, 0) is 16.0 Å². The van der Waals surface area contributed by atoms with E-state index >= 15 is 0 Å². The van der Waals surface area contributed by atoms with Gasteiger partial charge in [0.2, 0.25) is 5.91 Å². The molecule has 0 saturated carbocycles. The van der Waals surface area contributed by atoms with Gasteiger partial charge in [-0.15, -0.1) is 0 Å². The van der Waals surface area contributed by atoms with Crippen LogP contribution in [0.1, 0.15) is 48.8 Å². The first-order valence-corrected chi connectivity index (χ1v) is 12.1. The number of rotatable bonds is 6. The molecule has 186 valence electrons. The van der Waals surface area contributed by atoms with Crippen LogP contribution in [0.3, 0.4) is 0 Å². The zero-order valence-electron chi connectivity index (χ0n) is 20.7. The van der Waals surface area contributed by atoms with Gasteiger partial charge in [-0.3, -0.25) is 4.79 Å². The van der Waals surface area contributed by atoms with Crippen LogP contribution < -0.4 is 5.32 Å². The molecule has 9 heteroatoms. The van der Waals surface area contributed by atoms with Crippen LogP contribution in [-0.4, -0.2) is 57.2 Å². The number of aryl methyl sites for hydroxylation is 3. The first-order chi connectivity index (χ1) is 16.8. The topological polar surface area (TPSA) is 88.8 Å². The van der Waals surface area contributed by atoms with Crippen LogP contribution in [0.4, 0.5) is 9.18 Å². The summed E-state index contributed by atoms with van der Waals surface area (Å²) in [6.07, 6.45) is 2.04. The van der Waals surface area contributed by atoms with Crippen molar-refractivity contribution in [2.24, 2.45) is 0 Å². The van der Waals surface area contributed by atoms with Crippen molar-refractivity contribution in [1.29, 1.82) is 0 Å². The number of aromatic nitrogens is 3. The SMILES string of the molecule is CCOC(=O)N1CCC(NC(=O)CCc2c(C)nc3c(-c4ccc(F)cc4)c(C)nn3c2C)CC1. The molecular weight excluding hydrogens is 449 g/mol. The van der Waals surface area contributed by atoms with Crippen molar-refractivity contribution < 1.29 is 18.7 Å². The standard InChI is InChI=1S/C26H32FN5O3/c1-5-35-26(34)31-14-12-21(13-15-31)29-23(33)11-10-22-16(2)28-25-24(17(3)30-32(25)18(22)4)19-6-8-20(27)9-7-19/h6-9,21H,5,10-15H2,1-4H3,(H,29,33). The number of amides is 2. The summed E-state index contributed by atoms with van der Waals surface area (Å²) in [5.74, 6) is -0.296. The molecule has 3 aromatic rings. The van der Waals surface area contributed by atoms with Crippen LogP contribution in [0.15, 0.2) is 24.3 Å². The zero-order valence-corrected chi connectivity index (χ0v) is 20.7. The smallest absolute Gasteiger partial charge is 0.409 e. The molecule has 0 atom stereocenters. The number of benzene rings is 1. The third kappa shape index (κ3) is 5.28. The molecule has 0 bridgehead atoms. The van der Waals surface area contributed by atoms with Crippen LogP contribution in [0, 0.1) is 26.6 Å². The molecular formula is C26H32FN5O3. The van der Waals surface area contributed by atoms with E-state index in [1.165, 1.54) is 12.1 Å². The maximum atomic E-state index is 13.4. The molecule has 2 aromatic heterocycles. The minimum absolute atomic E-state index is 0.0119. The summed E-state index contributed by atoms with van der Waals surface area (Å²) < 4.78 is 20.3. The van der Waals surface area contributed by atoms with E-state index in [9.17, 15) is 14.0 Å².